The van der Waals surface area contributed by atoms with Gasteiger partial charge in [-0.05, 0) is 42.5 Å². The SMILES string of the molecule is CCCCCOc1cc2sc(S(=O)(=O)NCP(=O)(O)Oc3ccc(C#N)c(F)c3)cc2cc1OCCCC. The number of thiophene rings is 1. The summed E-state index contributed by atoms with van der Waals surface area (Å²) in [6.07, 6.45) is 3.84. The lowest BCUT2D eigenvalue weighted by molar-refractivity contribution is 0.261. The van der Waals surface area contributed by atoms with Crippen LogP contribution >= 0.6 is 18.9 Å². The number of unbranched alkanes of at least 4 members (excludes halogenated alkanes) is 3. The van der Waals surface area contributed by atoms with Crippen molar-refractivity contribution in [2.24, 2.45) is 0 Å². The normalized spacial score (nSPS) is 13.1. The zero-order valence-electron chi connectivity index (χ0n) is 21.1. The molecule has 0 saturated carbocycles. The zero-order chi connectivity index (χ0) is 27.8. The number of hydrogen-bond acceptors (Lipinski definition) is 8. The summed E-state index contributed by atoms with van der Waals surface area (Å²) in [7, 11) is -8.71. The van der Waals surface area contributed by atoms with Gasteiger partial charge in [0.25, 0.3) is 10.0 Å². The first-order valence-electron chi connectivity index (χ1n) is 12.1. The maximum absolute atomic E-state index is 13.8. The Hall–Kier alpha value is -2.68. The molecule has 1 atom stereocenters. The molecule has 0 amide bonds. The van der Waals surface area contributed by atoms with Crippen LogP contribution in [0.3, 0.4) is 0 Å². The van der Waals surface area contributed by atoms with Crippen molar-refractivity contribution >= 4 is 39.0 Å². The summed E-state index contributed by atoms with van der Waals surface area (Å²) in [4.78, 5) is 10.1. The molecule has 38 heavy (non-hydrogen) atoms. The first kappa shape index (κ1) is 29.9. The molecule has 0 radical (unpaired) electrons. The fourth-order valence-electron chi connectivity index (χ4n) is 3.32. The third-order valence-electron chi connectivity index (χ3n) is 5.35. The van der Waals surface area contributed by atoms with E-state index in [1.165, 1.54) is 6.07 Å². The lowest BCUT2D eigenvalue weighted by Gasteiger charge is -2.14. The van der Waals surface area contributed by atoms with Gasteiger partial charge < -0.3 is 18.9 Å². The molecule has 2 N–H and O–H groups in total. The van der Waals surface area contributed by atoms with Crippen LogP contribution in [-0.2, 0) is 14.6 Å². The summed E-state index contributed by atoms with van der Waals surface area (Å²) < 4.78 is 71.5. The molecule has 9 nitrogen and oxygen atoms in total. The van der Waals surface area contributed by atoms with Gasteiger partial charge in [0.05, 0.1) is 18.8 Å². The molecule has 3 rings (SSSR count). The minimum Gasteiger partial charge on any atom is -0.490 e. The fraction of sp³-hybridized carbons (Fsp3) is 0.400. The molecule has 1 heterocycles. The van der Waals surface area contributed by atoms with Gasteiger partial charge in [-0.3, -0.25) is 0 Å². The van der Waals surface area contributed by atoms with Crippen molar-refractivity contribution in [2.45, 2.75) is 50.2 Å². The largest absolute Gasteiger partial charge is 0.490 e. The number of hydrogen-bond donors (Lipinski definition) is 2. The fourth-order valence-corrected chi connectivity index (χ4v) is 7.27. The van der Waals surface area contributed by atoms with Crippen LogP contribution in [0.2, 0.25) is 0 Å². The lowest BCUT2D eigenvalue weighted by Crippen LogP contribution is -2.25. The number of sulfonamides is 1. The minimum absolute atomic E-state index is 0.0699. The summed E-state index contributed by atoms with van der Waals surface area (Å²) in [5.41, 5.74) is -0.260. The molecule has 0 aliphatic heterocycles. The molecular weight excluding hydrogens is 554 g/mol. The van der Waals surface area contributed by atoms with E-state index < -0.39 is 29.7 Å². The Morgan fingerprint density at radius 2 is 1.74 bits per heavy atom. The summed E-state index contributed by atoms with van der Waals surface area (Å²) in [6, 6.07) is 9.57. The van der Waals surface area contributed by atoms with Gasteiger partial charge >= 0.3 is 7.60 Å². The monoisotopic (exact) mass is 584 g/mol. The number of fused-ring (bicyclic) bond motifs is 1. The number of nitrogens with zero attached hydrogens (tertiary/aromatic N) is 1. The minimum atomic E-state index is -4.53. The summed E-state index contributed by atoms with van der Waals surface area (Å²) >= 11 is 0.981. The summed E-state index contributed by atoms with van der Waals surface area (Å²) in [6.45, 7) is 5.16. The van der Waals surface area contributed by atoms with E-state index in [1.807, 2.05) is 0 Å². The molecule has 0 aliphatic carbocycles. The molecular formula is C25H30FN2O7PS2. The van der Waals surface area contributed by atoms with Gasteiger partial charge in [0, 0.05) is 16.8 Å². The van der Waals surface area contributed by atoms with E-state index in [-0.39, 0.29) is 15.5 Å². The Balaban J connectivity index is 1.76. The van der Waals surface area contributed by atoms with Crippen LogP contribution in [0.25, 0.3) is 10.1 Å². The van der Waals surface area contributed by atoms with Crippen molar-refractivity contribution in [3.8, 4) is 23.3 Å². The standard InChI is InChI=1S/C25H30FN2O7PS2/c1-3-5-7-11-34-23-15-24-19(12-22(23)33-10-6-4-2)13-25(37-24)38(31,32)28-17-36(29,30)35-20-9-8-18(16-27)21(26)14-20/h8-9,12-15,28H,3-7,10-11,17H2,1-2H3,(H,29,30). The number of ether oxygens (including phenoxy) is 2. The molecule has 13 heteroatoms. The van der Waals surface area contributed by atoms with Crippen LogP contribution in [0.5, 0.6) is 17.2 Å². The first-order valence-corrected chi connectivity index (χ1v) is 16.2. The number of benzene rings is 2. The Bertz CT molecular complexity index is 1450. The molecule has 3 aromatic rings. The average molecular weight is 585 g/mol. The second-order valence-corrected chi connectivity index (χ2v) is 13.3. The highest BCUT2D eigenvalue weighted by Crippen LogP contribution is 2.43. The quantitative estimate of drug-likeness (QED) is 0.160. The van der Waals surface area contributed by atoms with Gasteiger partial charge in [0.15, 0.2) is 11.5 Å². The lowest BCUT2D eigenvalue weighted by atomic mass is 10.2. The number of halogens is 1. The Labute approximate surface area is 225 Å². The van der Waals surface area contributed by atoms with E-state index in [1.54, 1.807) is 18.2 Å². The highest BCUT2D eigenvalue weighted by Gasteiger charge is 2.27. The molecule has 1 unspecified atom stereocenters. The molecule has 2 aromatic carbocycles. The topological polar surface area (TPSA) is 135 Å². The predicted molar refractivity (Wildman–Crippen MR) is 144 cm³/mol. The molecule has 0 spiro atoms. The maximum atomic E-state index is 13.8. The third-order valence-corrected chi connectivity index (χ3v) is 9.59. The number of rotatable bonds is 15. The second kappa shape index (κ2) is 13.4. The highest BCUT2D eigenvalue weighted by atomic mass is 32.2. The van der Waals surface area contributed by atoms with E-state index in [0.717, 1.165) is 61.6 Å². The van der Waals surface area contributed by atoms with E-state index in [4.69, 9.17) is 19.3 Å². The molecule has 0 aliphatic rings. The third kappa shape index (κ3) is 8.16. The van der Waals surface area contributed by atoms with E-state index in [9.17, 15) is 22.3 Å². The van der Waals surface area contributed by atoms with Crippen LogP contribution in [0, 0.1) is 17.1 Å². The second-order valence-electron chi connectivity index (χ2n) is 8.45. The van der Waals surface area contributed by atoms with Crippen molar-refractivity contribution in [2.75, 3.05) is 19.5 Å². The molecule has 1 aromatic heterocycles. The number of nitrogens with one attached hydrogen (secondary N) is 1. The van der Waals surface area contributed by atoms with Crippen LogP contribution in [0.4, 0.5) is 4.39 Å². The Kier molecular flexibility index (Phi) is 10.5. The Morgan fingerprint density at radius 1 is 1.05 bits per heavy atom. The Morgan fingerprint density at radius 3 is 2.39 bits per heavy atom. The molecule has 206 valence electrons. The van der Waals surface area contributed by atoms with Gasteiger partial charge in [0.1, 0.15) is 28.1 Å². The van der Waals surface area contributed by atoms with Gasteiger partial charge in [-0.1, -0.05) is 33.1 Å². The van der Waals surface area contributed by atoms with E-state index in [2.05, 4.69) is 18.6 Å². The van der Waals surface area contributed by atoms with Gasteiger partial charge in [0.2, 0.25) is 0 Å². The summed E-state index contributed by atoms with van der Waals surface area (Å²) in [5.74, 6) is -0.176. The first-order chi connectivity index (χ1) is 18.1. The van der Waals surface area contributed by atoms with Crippen molar-refractivity contribution in [1.29, 1.82) is 5.26 Å². The van der Waals surface area contributed by atoms with Crippen molar-refractivity contribution in [3.63, 3.8) is 0 Å². The molecule has 0 fully saturated rings. The van der Waals surface area contributed by atoms with Crippen molar-refractivity contribution in [3.05, 3.63) is 47.8 Å². The smallest absolute Gasteiger partial charge is 0.391 e. The van der Waals surface area contributed by atoms with Crippen LogP contribution in [-0.4, -0.2) is 32.8 Å². The van der Waals surface area contributed by atoms with Crippen LogP contribution in [0.15, 0.2) is 40.6 Å². The van der Waals surface area contributed by atoms with Gasteiger partial charge in [-0.15, -0.1) is 11.3 Å². The number of nitriles is 1. The summed E-state index contributed by atoms with van der Waals surface area (Å²) in [5, 5.41) is 9.41. The predicted octanol–water partition coefficient (Wildman–Crippen LogP) is 6.16. The molecule has 0 bridgehead atoms. The maximum Gasteiger partial charge on any atom is 0.391 e. The molecule has 0 saturated heterocycles. The highest BCUT2D eigenvalue weighted by molar-refractivity contribution is 7.92. The van der Waals surface area contributed by atoms with Crippen LogP contribution < -0.4 is 18.7 Å². The average Bonchev–Trinajstić information content (AvgIpc) is 3.29. The van der Waals surface area contributed by atoms with E-state index in [0.29, 0.717) is 34.8 Å². The van der Waals surface area contributed by atoms with E-state index >= 15 is 0 Å². The van der Waals surface area contributed by atoms with Crippen LogP contribution in [0.1, 0.15) is 51.5 Å². The van der Waals surface area contributed by atoms with Gasteiger partial charge in [-0.25, -0.2) is 17.4 Å². The van der Waals surface area contributed by atoms with Gasteiger partial charge in [-0.2, -0.15) is 9.98 Å². The van der Waals surface area contributed by atoms with Crippen molar-refractivity contribution in [1.82, 2.24) is 4.72 Å². The zero-order valence-corrected chi connectivity index (χ0v) is 23.6. The van der Waals surface area contributed by atoms with Crippen molar-refractivity contribution < 1.29 is 36.3 Å².